The maximum Gasteiger partial charge on any atom is 0.259 e. The van der Waals surface area contributed by atoms with E-state index < -0.39 is 0 Å². The van der Waals surface area contributed by atoms with Gasteiger partial charge in [0, 0.05) is 11.1 Å². The van der Waals surface area contributed by atoms with Gasteiger partial charge in [-0.15, -0.1) is 11.3 Å². The molecule has 0 aliphatic heterocycles. The minimum Gasteiger partial charge on any atom is -0.312 e. The summed E-state index contributed by atoms with van der Waals surface area (Å²) in [5.74, 6) is 0.406. The van der Waals surface area contributed by atoms with Crippen molar-refractivity contribution < 1.29 is 4.79 Å². The zero-order valence-corrected chi connectivity index (χ0v) is 14.4. The third-order valence-electron chi connectivity index (χ3n) is 4.38. The first-order chi connectivity index (χ1) is 12.2. The quantitative estimate of drug-likeness (QED) is 0.787. The Bertz CT molecular complexity index is 997. The molecule has 0 unspecified atom stereocenters. The van der Waals surface area contributed by atoms with Crippen LogP contribution in [0.5, 0.6) is 0 Å². The van der Waals surface area contributed by atoms with Crippen LogP contribution in [0.1, 0.15) is 38.5 Å². The number of hydrogen-bond acceptors (Lipinski definition) is 5. The van der Waals surface area contributed by atoms with Crippen molar-refractivity contribution in [3.05, 3.63) is 57.9 Å². The molecule has 3 heterocycles. The number of hydrogen-bond donors (Lipinski definition) is 1. The van der Waals surface area contributed by atoms with Crippen LogP contribution < -0.4 is 5.32 Å². The molecule has 1 aliphatic rings. The predicted molar refractivity (Wildman–Crippen MR) is 95.1 cm³/mol. The third-order valence-corrected chi connectivity index (χ3v) is 5.59. The van der Waals surface area contributed by atoms with Crippen LogP contribution in [-0.2, 0) is 12.8 Å². The van der Waals surface area contributed by atoms with E-state index in [9.17, 15) is 10.1 Å². The van der Waals surface area contributed by atoms with Crippen LogP contribution in [-0.4, -0.2) is 20.7 Å². The second-order valence-electron chi connectivity index (χ2n) is 5.87. The van der Waals surface area contributed by atoms with Gasteiger partial charge in [-0.05, 0) is 43.9 Å². The van der Waals surface area contributed by atoms with E-state index in [0.717, 1.165) is 24.8 Å². The number of nitrogens with one attached hydrogen (secondary N) is 1. The van der Waals surface area contributed by atoms with Gasteiger partial charge in [0.2, 0.25) is 0 Å². The van der Waals surface area contributed by atoms with Gasteiger partial charge in [-0.25, -0.2) is 9.67 Å². The summed E-state index contributed by atoms with van der Waals surface area (Å²) >= 11 is 1.51. The Balaban J connectivity index is 1.63. The molecular formula is C18H15N5OS. The first kappa shape index (κ1) is 15.5. The number of rotatable bonds is 3. The molecule has 7 heteroatoms. The number of pyridine rings is 1. The van der Waals surface area contributed by atoms with Gasteiger partial charge in [-0.2, -0.15) is 10.4 Å². The van der Waals surface area contributed by atoms with Gasteiger partial charge >= 0.3 is 0 Å². The number of aryl methyl sites for hydroxylation is 1. The van der Waals surface area contributed by atoms with E-state index >= 15 is 0 Å². The molecule has 3 aromatic heterocycles. The molecule has 3 aromatic rings. The average molecular weight is 349 g/mol. The average Bonchev–Trinajstić information content (AvgIpc) is 3.30. The van der Waals surface area contributed by atoms with Crippen LogP contribution in [0.4, 0.5) is 5.00 Å². The van der Waals surface area contributed by atoms with Gasteiger partial charge in [0.1, 0.15) is 11.1 Å². The van der Waals surface area contributed by atoms with Crippen molar-refractivity contribution >= 4 is 22.2 Å². The summed E-state index contributed by atoms with van der Waals surface area (Å²) in [5, 5.41) is 17.3. The normalized spacial score (nSPS) is 12.6. The fourth-order valence-corrected chi connectivity index (χ4v) is 4.36. The molecule has 0 bridgehead atoms. The van der Waals surface area contributed by atoms with Gasteiger partial charge in [0.15, 0.2) is 5.82 Å². The third kappa shape index (κ3) is 2.61. The highest BCUT2D eigenvalue weighted by molar-refractivity contribution is 7.16. The molecule has 0 saturated heterocycles. The van der Waals surface area contributed by atoms with Crippen molar-refractivity contribution in [1.29, 1.82) is 5.26 Å². The van der Waals surface area contributed by atoms with Crippen molar-refractivity contribution in [1.82, 2.24) is 14.8 Å². The number of thiophene rings is 1. The van der Waals surface area contributed by atoms with Crippen molar-refractivity contribution in [2.75, 3.05) is 5.32 Å². The topological polar surface area (TPSA) is 83.6 Å². The maximum atomic E-state index is 12.7. The summed E-state index contributed by atoms with van der Waals surface area (Å²) in [4.78, 5) is 18.2. The lowest BCUT2D eigenvalue weighted by molar-refractivity contribution is 0.102. The van der Waals surface area contributed by atoms with E-state index in [4.69, 9.17) is 0 Å². The molecule has 0 spiro atoms. The fraction of sp³-hybridized carbons (Fsp3) is 0.222. The van der Waals surface area contributed by atoms with E-state index in [0.29, 0.717) is 27.6 Å². The first-order valence-corrected chi connectivity index (χ1v) is 8.82. The van der Waals surface area contributed by atoms with Crippen molar-refractivity contribution in [3.8, 4) is 11.9 Å². The van der Waals surface area contributed by atoms with Gasteiger partial charge in [-0.1, -0.05) is 6.07 Å². The lowest BCUT2D eigenvalue weighted by Crippen LogP contribution is -2.13. The molecule has 1 aliphatic carbocycles. The second kappa shape index (κ2) is 6.15. The van der Waals surface area contributed by atoms with E-state index in [1.165, 1.54) is 22.4 Å². The molecule has 6 nitrogen and oxygen atoms in total. The second-order valence-corrected chi connectivity index (χ2v) is 6.98. The van der Waals surface area contributed by atoms with E-state index in [2.05, 4.69) is 21.5 Å². The number of nitrogens with zero attached hydrogens (tertiary/aromatic N) is 4. The number of carbonyl (C=O) groups excluding carboxylic acids is 1. The number of fused-ring (bicyclic) bond motifs is 1. The monoisotopic (exact) mass is 349 g/mol. The highest BCUT2D eigenvalue weighted by Crippen LogP contribution is 2.38. The van der Waals surface area contributed by atoms with Crippen LogP contribution in [0.2, 0.25) is 0 Å². The number of anilines is 1. The van der Waals surface area contributed by atoms with Crippen LogP contribution in [0.25, 0.3) is 5.82 Å². The predicted octanol–water partition coefficient (Wildman–Crippen LogP) is 3.25. The zero-order chi connectivity index (χ0) is 17.4. The van der Waals surface area contributed by atoms with Gasteiger partial charge in [-0.3, -0.25) is 4.79 Å². The number of carbonyl (C=O) groups is 1. The molecule has 1 amide bonds. The van der Waals surface area contributed by atoms with Crippen LogP contribution in [0.15, 0.2) is 30.6 Å². The summed E-state index contributed by atoms with van der Waals surface area (Å²) < 4.78 is 1.63. The molecule has 0 aromatic carbocycles. The Labute approximate surface area is 148 Å². The lowest BCUT2D eigenvalue weighted by Gasteiger charge is -2.05. The standard InChI is InChI=1S/C18H15N5OS/c1-11-14(10-21-23(11)16-7-2-3-8-20-16)17(24)22-18-13(9-19)12-5-4-6-15(12)25-18/h2-3,7-8,10H,4-6H2,1H3,(H,22,24). The first-order valence-electron chi connectivity index (χ1n) is 8.01. The summed E-state index contributed by atoms with van der Waals surface area (Å²) in [6.07, 6.45) is 6.21. The van der Waals surface area contributed by atoms with E-state index in [1.807, 2.05) is 25.1 Å². The van der Waals surface area contributed by atoms with Gasteiger partial charge in [0.25, 0.3) is 5.91 Å². The van der Waals surface area contributed by atoms with Gasteiger partial charge in [0.05, 0.1) is 23.0 Å². The lowest BCUT2D eigenvalue weighted by atomic mass is 10.1. The Morgan fingerprint density at radius 2 is 2.28 bits per heavy atom. The molecule has 0 saturated carbocycles. The Morgan fingerprint density at radius 1 is 1.40 bits per heavy atom. The number of nitriles is 1. The largest absolute Gasteiger partial charge is 0.312 e. The molecule has 0 radical (unpaired) electrons. The Kier molecular flexibility index (Phi) is 3.82. The Hall–Kier alpha value is -2.98. The van der Waals surface area contributed by atoms with E-state index in [-0.39, 0.29) is 5.91 Å². The fourth-order valence-electron chi connectivity index (χ4n) is 3.12. The van der Waals surface area contributed by atoms with Gasteiger partial charge < -0.3 is 5.32 Å². The molecule has 4 rings (SSSR count). The Morgan fingerprint density at radius 3 is 3.04 bits per heavy atom. The highest BCUT2D eigenvalue weighted by Gasteiger charge is 2.24. The zero-order valence-electron chi connectivity index (χ0n) is 13.6. The molecule has 25 heavy (non-hydrogen) atoms. The number of aromatic nitrogens is 3. The van der Waals surface area contributed by atoms with Crippen LogP contribution >= 0.6 is 11.3 Å². The van der Waals surface area contributed by atoms with E-state index in [1.54, 1.807) is 10.9 Å². The van der Waals surface area contributed by atoms with Crippen molar-refractivity contribution in [2.45, 2.75) is 26.2 Å². The highest BCUT2D eigenvalue weighted by atomic mass is 32.1. The summed E-state index contributed by atoms with van der Waals surface area (Å²) in [6, 6.07) is 7.78. The smallest absolute Gasteiger partial charge is 0.259 e. The number of amides is 1. The summed E-state index contributed by atoms with van der Waals surface area (Å²) in [6.45, 7) is 1.83. The molecular weight excluding hydrogens is 334 g/mol. The van der Waals surface area contributed by atoms with Crippen LogP contribution in [0, 0.1) is 18.3 Å². The molecule has 0 atom stereocenters. The SMILES string of the molecule is Cc1c(C(=O)Nc2sc3c(c2C#N)CCC3)cnn1-c1ccccn1. The van der Waals surface area contributed by atoms with Crippen molar-refractivity contribution in [2.24, 2.45) is 0 Å². The molecule has 124 valence electrons. The minimum atomic E-state index is -0.254. The summed E-state index contributed by atoms with van der Waals surface area (Å²) in [7, 11) is 0. The summed E-state index contributed by atoms with van der Waals surface area (Å²) in [5.41, 5.74) is 2.89. The molecule has 0 fully saturated rings. The molecule has 1 N–H and O–H groups in total. The maximum absolute atomic E-state index is 12.7. The minimum absolute atomic E-state index is 0.254. The van der Waals surface area contributed by atoms with Crippen molar-refractivity contribution in [3.63, 3.8) is 0 Å². The van der Waals surface area contributed by atoms with Crippen LogP contribution in [0.3, 0.4) is 0 Å².